The highest BCUT2D eigenvalue weighted by atomic mass is 35.5. The van der Waals surface area contributed by atoms with Crippen molar-refractivity contribution in [2.45, 2.75) is 38.7 Å². The minimum Gasteiger partial charge on any atom is -0.362 e. The Labute approximate surface area is 108 Å². The Bertz CT molecular complexity index is 450. The number of aromatic nitrogens is 1. The summed E-state index contributed by atoms with van der Waals surface area (Å²) < 4.78 is 38.7. The highest BCUT2D eigenvalue weighted by Crippen LogP contribution is 2.41. The summed E-state index contributed by atoms with van der Waals surface area (Å²) in [5.41, 5.74) is 1.04. The van der Waals surface area contributed by atoms with Crippen LogP contribution in [-0.4, -0.2) is 23.4 Å². The molecule has 2 rings (SSSR count). The first-order chi connectivity index (χ1) is 8.34. The molecule has 0 aromatic carbocycles. The van der Waals surface area contributed by atoms with Gasteiger partial charge < -0.3 is 10.2 Å². The zero-order chi connectivity index (χ0) is 13.5. The molecule has 0 bridgehead atoms. The number of hydrogen-bond acceptors (Lipinski definition) is 3. The molecule has 0 aliphatic carbocycles. The lowest BCUT2D eigenvalue weighted by Gasteiger charge is -2.33. The normalized spacial score (nSPS) is 20.6. The van der Waals surface area contributed by atoms with E-state index < -0.39 is 18.4 Å². The standard InChI is InChI=1S/C11H13ClF3N3/c1-3-10-17-7-5-16-9(12)4-8(7)18(10)6(2)11(13,14)15/h4-6,10,17H,3H2,1-2H3. The maximum absolute atomic E-state index is 12.9. The summed E-state index contributed by atoms with van der Waals surface area (Å²) in [6.45, 7) is 2.97. The van der Waals surface area contributed by atoms with Gasteiger partial charge >= 0.3 is 6.18 Å². The van der Waals surface area contributed by atoms with Crippen LogP contribution in [0.1, 0.15) is 20.3 Å². The number of fused-ring (bicyclic) bond motifs is 1. The van der Waals surface area contributed by atoms with Crippen LogP contribution in [0.15, 0.2) is 12.3 Å². The minimum absolute atomic E-state index is 0.187. The molecule has 2 heterocycles. The van der Waals surface area contributed by atoms with Crippen LogP contribution in [0.5, 0.6) is 0 Å². The molecule has 1 N–H and O–H groups in total. The third-order valence-electron chi connectivity index (χ3n) is 3.06. The molecule has 1 aromatic heterocycles. The van der Waals surface area contributed by atoms with Crippen LogP contribution >= 0.6 is 11.6 Å². The molecule has 0 saturated heterocycles. The first-order valence-corrected chi connectivity index (χ1v) is 5.99. The van der Waals surface area contributed by atoms with Crippen LogP contribution < -0.4 is 10.2 Å². The minimum atomic E-state index is -4.29. The topological polar surface area (TPSA) is 28.2 Å². The van der Waals surface area contributed by atoms with Gasteiger partial charge in [0.25, 0.3) is 0 Å². The second-order valence-electron chi connectivity index (χ2n) is 4.22. The van der Waals surface area contributed by atoms with Crippen molar-refractivity contribution in [2.24, 2.45) is 0 Å². The van der Waals surface area contributed by atoms with Crippen LogP contribution in [0.25, 0.3) is 0 Å². The van der Waals surface area contributed by atoms with Gasteiger partial charge in [0.2, 0.25) is 0 Å². The van der Waals surface area contributed by atoms with E-state index in [9.17, 15) is 13.2 Å². The Morgan fingerprint density at radius 3 is 2.78 bits per heavy atom. The lowest BCUT2D eigenvalue weighted by Crippen LogP contribution is -2.48. The smallest absolute Gasteiger partial charge is 0.362 e. The number of alkyl halides is 3. The van der Waals surface area contributed by atoms with E-state index in [-0.39, 0.29) is 5.15 Å². The average molecular weight is 280 g/mol. The Balaban J connectivity index is 2.42. The quantitative estimate of drug-likeness (QED) is 0.838. The molecule has 0 spiro atoms. The maximum Gasteiger partial charge on any atom is 0.408 e. The molecular formula is C11H13ClF3N3. The fourth-order valence-electron chi connectivity index (χ4n) is 2.10. The summed E-state index contributed by atoms with van der Waals surface area (Å²) in [5.74, 6) is 0. The maximum atomic E-state index is 12.9. The van der Waals surface area contributed by atoms with Crippen molar-refractivity contribution in [1.29, 1.82) is 0 Å². The van der Waals surface area contributed by atoms with Gasteiger partial charge in [-0.3, -0.25) is 0 Å². The molecule has 0 radical (unpaired) electrons. The van der Waals surface area contributed by atoms with E-state index in [1.54, 1.807) is 0 Å². The number of hydrogen-bond donors (Lipinski definition) is 1. The van der Waals surface area contributed by atoms with Crippen molar-refractivity contribution in [3.63, 3.8) is 0 Å². The number of anilines is 2. The zero-order valence-electron chi connectivity index (χ0n) is 9.92. The molecule has 1 aromatic rings. The van der Waals surface area contributed by atoms with E-state index in [4.69, 9.17) is 11.6 Å². The number of nitrogens with one attached hydrogen (secondary N) is 1. The molecule has 1 aliphatic heterocycles. The van der Waals surface area contributed by atoms with Gasteiger partial charge in [-0.2, -0.15) is 13.2 Å². The van der Waals surface area contributed by atoms with E-state index in [1.165, 1.54) is 17.2 Å². The lowest BCUT2D eigenvalue weighted by molar-refractivity contribution is -0.145. The van der Waals surface area contributed by atoms with Gasteiger partial charge in [-0.15, -0.1) is 0 Å². The second-order valence-corrected chi connectivity index (χ2v) is 4.60. The molecule has 7 heteroatoms. The van der Waals surface area contributed by atoms with Crippen molar-refractivity contribution >= 4 is 23.0 Å². The molecular weight excluding hydrogens is 267 g/mol. The molecule has 2 atom stereocenters. The second kappa shape index (κ2) is 4.50. The van der Waals surface area contributed by atoms with E-state index in [0.717, 1.165) is 6.92 Å². The van der Waals surface area contributed by atoms with Crippen molar-refractivity contribution in [1.82, 2.24) is 4.98 Å². The van der Waals surface area contributed by atoms with Gasteiger partial charge in [0.05, 0.1) is 23.7 Å². The first-order valence-electron chi connectivity index (χ1n) is 5.61. The molecule has 0 amide bonds. The van der Waals surface area contributed by atoms with Crippen molar-refractivity contribution in [2.75, 3.05) is 10.2 Å². The fourth-order valence-corrected chi connectivity index (χ4v) is 2.25. The largest absolute Gasteiger partial charge is 0.408 e. The van der Waals surface area contributed by atoms with Gasteiger partial charge in [-0.05, 0) is 13.3 Å². The molecule has 100 valence electrons. The van der Waals surface area contributed by atoms with Gasteiger partial charge in [0, 0.05) is 6.07 Å². The number of rotatable bonds is 2. The summed E-state index contributed by atoms with van der Waals surface area (Å²) in [5, 5.41) is 3.21. The zero-order valence-corrected chi connectivity index (χ0v) is 10.7. The first kappa shape index (κ1) is 13.3. The fraction of sp³-hybridized carbons (Fsp3) is 0.545. The van der Waals surface area contributed by atoms with Gasteiger partial charge in [0.1, 0.15) is 11.2 Å². The Morgan fingerprint density at radius 1 is 1.56 bits per heavy atom. The van der Waals surface area contributed by atoms with Gasteiger partial charge in [-0.25, -0.2) is 4.98 Å². The van der Waals surface area contributed by atoms with E-state index in [2.05, 4.69) is 10.3 Å². The van der Waals surface area contributed by atoms with Crippen LogP contribution in [0.3, 0.4) is 0 Å². The van der Waals surface area contributed by atoms with Crippen molar-refractivity contribution in [3.05, 3.63) is 17.4 Å². The average Bonchev–Trinajstić information content (AvgIpc) is 2.64. The molecule has 0 fully saturated rings. The third-order valence-corrected chi connectivity index (χ3v) is 3.27. The molecule has 3 nitrogen and oxygen atoms in total. The SMILES string of the molecule is CCC1Nc2cnc(Cl)cc2N1C(C)C(F)(F)F. The molecule has 0 saturated carbocycles. The molecule has 18 heavy (non-hydrogen) atoms. The van der Waals surface area contributed by atoms with Crippen molar-refractivity contribution < 1.29 is 13.2 Å². The summed E-state index contributed by atoms with van der Waals surface area (Å²) in [6.07, 6.45) is -2.67. The summed E-state index contributed by atoms with van der Waals surface area (Å²) in [7, 11) is 0. The Kier molecular flexibility index (Phi) is 3.31. The predicted octanol–water partition coefficient (Wildman–Crippen LogP) is 3.65. The molecule has 2 unspecified atom stereocenters. The Hall–Kier alpha value is -1.17. The summed E-state index contributed by atoms with van der Waals surface area (Å²) in [4.78, 5) is 5.18. The number of nitrogens with zero attached hydrogens (tertiary/aromatic N) is 2. The predicted molar refractivity (Wildman–Crippen MR) is 64.9 cm³/mol. The van der Waals surface area contributed by atoms with Gasteiger partial charge in [0.15, 0.2) is 0 Å². The van der Waals surface area contributed by atoms with Crippen LogP contribution in [0.4, 0.5) is 24.5 Å². The molecule has 1 aliphatic rings. The van der Waals surface area contributed by atoms with Gasteiger partial charge in [-0.1, -0.05) is 18.5 Å². The number of pyridine rings is 1. The highest BCUT2D eigenvalue weighted by molar-refractivity contribution is 6.29. The van der Waals surface area contributed by atoms with E-state index >= 15 is 0 Å². The van der Waals surface area contributed by atoms with E-state index in [1.807, 2.05) is 6.92 Å². The highest BCUT2D eigenvalue weighted by Gasteiger charge is 2.45. The van der Waals surface area contributed by atoms with E-state index in [0.29, 0.717) is 17.8 Å². The number of halogens is 4. The lowest BCUT2D eigenvalue weighted by atomic mass is 10.2. The van der Waals surface area contributed by atoms with Crippen LogP contribution in [0.2, 0.25) is 5.15 Å². The summed E-state index contributed by atoms with van der Waals surface area (Å²) >= 11 is 5.75. The van der Waals surface area contributed by atoms with Crippen LogP contribution in [0, 0.1) is 0 Å². The van der Waals surface area contributed by atoms with Crippen molar-refractivity contribution in [3.8, 4) is 0 Å². The van der Waals surface area contributed by atoms with Crippen LogP contribution in [-0.2, 0) is 0 Å². The Morgan fingerprint density at radius 2 is 2.22 bits per heavy atom. The summed E-state index contributed by atoms with van der Waals surface area (Å²) in [6, 6.07) is -0.114. The monoisotopic (exact) mass is 279 g/mol. The third kappa shape index (κ3) is 2.21.